The number of halogens is 1. The van der Waals surface area contributed by atoms with Crippen molar-refractivity contribution in [1.29, 1.82) is 0 Å². The minimum atomic E-state index is -0.288. The van der Waals surface area contributed by atoms with Crippen LogP contribution in [0.4, 0.5) is 0 Å². The smallest absolute Gasteiger partial charge is 0.402 e. The van der Waals surface area contributed by atoms with Gasteiger partial charge in [-0.15, -0.1) is 12.4 Å². The summed E-state index contributed by atoms with van der Waals surface area (Å²) in [4.78, 5) is 0. The zero-order chi connectivity index (χ0) is 12.8. The van der Waals surface area contributed by atoms with Gasteiger partial charge in [0.1, 0.15) is 0 Å². The van der Waals surface area contributed by atoms with Crippen molar-refractivity contribution in [3.8, 4) is 0 Å². The normalized spacial score (nSPS) is 24.4. The number of hydrogen-bond donors (Lipinski definition) is 1. The van der Waals surface area contributed by atoms with Crippen molar-refractivity contribution in [3.05, 3.63) is 0 Å². The molecule has 1 aliphatic heterocycles. The first-order chi connectivity index (χ1) is 6.95. The maximum atomic E-state index is 6.16. The minimum Gasteiger partial charge on any atom is -0.402 e. The lowest BCUT2D eigenvalue weighted by Crippen LogP contribution is -2.43. The van der Waals surface area contributed by atoms with E-state index in [9.17, 15) is 0 Å². The lowest BCUT2D eigenvalue weighted by atomic mass is 9.71. The third kappa shape index (κ3) is 4.13. The second-order valence-corrected chi connectivity index (χ2v) is 7.05. The van der Waals surface area contributed by atoms with Crippen LogP contribution < -0.4 is 5.73 Å². The van der Waals surface area contributed by atoms with Gasteiger partial charge in [-0.05, 0) is 39.5 Å². The van der Waals surface area contributed by atoms with Crippen molar-refractivity contribution in [3.63, 3.8) is 0 Å². The molecule has 1 saturated heterocycles. The highest BCUT2D eigenvalue weighted by Crippen LogP contribution is 2.38. The van der Waals surface area contributed by atoms with Crippen molar-refractivity contribution in [1.82, 2.24) is 0 Å². The molecule has 0 aliphatic carbocycles. The second-order valence-electron chi connectivity index (χ2n) is 7.05. The molecule has 0 aromatic heterocycles. The van der Waals surface area contributed by atoms with E-state index in [1.54, 1.807) is 0 Å². The first-order valence-electron chi connectivity index (χ1n) is 6.06. The summed E-state index contributed by atoms with van der Waals surface area (Å²) < 4.78 is 11.8. The van der Waals surface area contributed by atoms with E-state index in [2.05, 4.69) is 48.5 Å². The van der Waals surface area contributed by atoms with Crippen LogP contribution in [0.5, 0.6) is 0 Å². The molecule has 1 rings (SSSR count). The van der Waals surface area contributed by atoms with Crippen LogP contribution in [-0.2, 0) is 9.31 Å². The summed E-state index contributed by atoms with van der Waals surface area (Å²) in [7, 11) is -0.288. The van der Waals surface area contributed by atoms with Crippen molar-refractivity contribution in [2.75, 3.05) is 0 Å². The van der Waals surface area contributed by atoms with Crippen LogP contribution in [0.15, 0.2) is 0 Å². The van der Waals surface area contributed by atoms with E-state index in [0.717, 1.165) is 6.42 Å². The van der Waals surface area contributed by atoms with Crippen LogP contribution in [0.2, 0.25) is 0 Å². The number of rotatable bonds is 2. The summed E-state index contributed by atoms with van der Waals surface area (Å²) in [5, 5.41) is 0. The molecule has 102 valence electrons. The third-order valence-electron chi connectivity index (χ3n) is 3.47. The number of nitrogens with two attached hydrogens (primary N) is 1. The van der Waals surface area contributed by atoms with Gasteiger partial charge < -0.3 is 15.0 Å². The first-order valence-corrected chi connectivity index (χ1v) is 6.06. The van der Waals surface area contributed by atoms with Crippen LogP contribution in [-0.4, -0.2) is 24.3 Å². The summed E-state index contributed by atoms with van der Waals surface area (Å²) in [6.07, 6.45) is 0.893. The second kappa shape index (κ2) is 5.08. The van der Waals surface area contributed by atoms with Gasteiger partial charge in [0.05, 0.1) is 11.2 Å². The fraction of sp³-hybridized carbons (Fsp3) is 1.00. The van der Waals surface area contributed by atoms with Gasteiger partial charge in [-0.3, -0.25) is 0 Å². The van der Waals surface area contributed by atoms with E-state index in [0.29, 0.717) is 0 Å². The highest BCUT2D eigenvalue weighted by molar-refractivity contribution is 6.47. The maximum absolute atomic E-state index is 6.16. The van der Waals surface area contributed by atoms with Crippen molar-refractivity contribution >= 4 is 19.5 Å². The molecular formula is C12H27BClNO2. The molecule has 0 aromatic carbocycles. The van der Waals surface area contributed by atoms with E-state index < -0.39 is 0 Å². The Kier molecular flexibility index (Phi) is 5.15. The molecule has 0 bridgehead atoms. The van der Waals surface area contributed by atoms with E-state index >= 15 is 0 Å². The van der Waals surface area contributed by atoms with Crippen molar-refractivity contribution in [2.45, 2.75) is 72.0 Å². The molecule has 1 atom stereocenters. The van der Waals surface area contributed by atoms with Crippen LogP contribution in [0, 0.1) is 5.41 Å². The fourth-order valence-corrected chi connectivity index (χ4v) is 1.87. The Hall–Kier alpha value is 0.235. The topological polar surface area (TPSA) is 44.5 Å². The van der Waals surface area contributed by atoms with E-state index in [-0.39, 0.29) is 42.1 Å². The molecule has 0 radical (unpaired) electrons. The number of hydrogen-bond acceptors (Lipinski definition) is 3. The van der Waals surface area contributed by atoms with Crippen LogP contribution in [0.3, 0.4) is 0 Å². The summed E-state index contributed by atoms with van der Waals surface area (Å²) in [6, 6.07) is 0. The van der Waals surface area contributed by atoms with E-state index in [4.69, 9.17) is 15.0 Å². The highest BCUT2D eigenvalue weighted by atomic mass is 35.5. The monoisotopic (exact) mass is 263 g/mol. The van der Waals surface area contributed by atoms with Gasteiger partial charge in [0.2, 0.25) is 0 Å². The van der Waals surface area contributed by atoms with Crippen molar-refractivity contribution in [2.24, 2.45) is 11.1 Å². The minimum absolute atomic E-state index is 0. The van der Waals surface area contributed by atoms with Crippen LogP contribution in [0.1, 0.15) is 54.9 Å². The van der Waals surface area contributed by atoms with Gasteiger partial charge in [0, 0.05) is 5.94 Å². The highest BCUT2D eigenvalue weighted by Gasteiger charge is 2.53. The predicted octanol–water partition coefficient (Wildman–Crippen LogP) is 2.80. The van der Waals surface area contributed by atoms with Gasteiger partial charge in [0.25, 0.3) is 0 Å². The molecule has 17 heavy (non-hydrogen) atoms. The Labute approximate surface area is 112 Å². The summed E-state index contributed by atoms with van der Waals surface area (Å²) in [5.41, 5.74) is 5.79. The zero-order valence-electron chi connectivity index (χ0n) is 12.2. The Bertz CT molecular complexity index is 248. The quantitative estimate of drug-likeness (QED) is 0.779. The van der Waals surface area contributed by atoms with Gasteiger partial charge in [0.15, 0.2) is 0 Å². The van der Waals surface area contributed by atoms with E-state index in [1.165, 1.54) is 0 Å². The molecular weight excluding hydrogens is 236 g/mol. The largest absolute Gasteiger partial charge is 0.475 e. The Morgan fingerprint density at radius 1 is 1.06 bits per heavy atom. The molecule has 1 heterocycles. The molecule has 2 N–H and O–H groups in total. The van der Waals surface area contributed by atoms with Gasteiger partial charge in [-0.1, -0.05) is 20.8 Å². The lowest BCUT2D eigenvalue weighted by Gasteiger charge is -2.32. The zero-order valence-corrected chi connectivity index (χ0v) is 13.0. The predicted molar refractivity (Wildman–Crippen MR) is 75.4 cm³/mol. The molecule has 0 unspecified atom stereocenters. The Balaban J connectivity index is 0.00000256. The molecule has 0 saturated carbocycles. The summed E-state index contributed by atoms with van der Waals surface area (Å²) in [5.74, 6) is -0.0685. The van der Waals surface area contributed by atoms with Crippen molar-refractivity contribution < 1.29 is 9.31 Å². The van der Waals surface area contributed by atoms with E-state index in [1.807, 2.05) is 0 Å². The molecule has 0 spiro atoms. The first kappa shape index (κ1) is 17.2. The molecule has 3 nitrogen and oxygen atoms in total. The maximum Gasteiger partial charge on any atom is 0.475 e. The average molecular weight is 264 g/mol. The summed E-state index contributed by atoms with van der Waals surface area (Å²) in [6.45, 7) is 14.7. The lowest BCUT2D eigenvalue weighted by molar-refractivity contribution is 0.00578. The van der Waals surface area contributed by atoms with Gasteiger partial charge in [-0.2, -0.15) is 0 Å². The SMILES string of the molecule is CC(C)(C)C[C@@H](N)B1OC(C)(C)C(C)(C)O1.Cl. The molecule has 0 aromatic rings. The Morgan fingerprint density at radius 3 is 1.71 bits per heavy atom. The van der Waals surface area contributed by atoms with Gasteiger partial charge >= 0.3 is 7.12 Å². The van der Waals surface area contributed by atoms with Crippen LogP contribution >= 0.6 is 12.4 Å². The van der Waals surface area contributed by atoms with Crippen LogP contribution in [0.25, 0.3) is 0 Å². The molecule has 5 heteroatoms. The Morgan fingerprint density at radius 2 is 1.41 bits per heavy atom. The van der Waals surface area contributed by atoms with Gasteiger partial charge in [-0.25, -0.2) is 0 Å². The molecule has 1 aliphatic rings. The third-order valence-corrected chi connectivity index (χ3v) is 3.47. The average Bonchev–Trinajstić information content (AvgIpc) is 2.17. The summed E-state index contributed by atoms with van der Waals surface area (Å²) >= 11 is 0. The molecule has 1 fully saturated rings. The standard InChI is InChI=1S/C12H26BNO2.ClH/c1-10(2,3)8-9(14)13-15-11(4,5)12(6,7)16-13;/h9H,8,14H2,1-7H3;1H/t9-;/m1./s1. The molecule has 0 amide bonds. The fourth-order valence-electron chi connectivity index (χ4n) is 1.87.